The van der Waals surface area contributed by atoms with Gasteiger partial charge >= 0.3 is 0 Å². The van der Waals surface area contributed by atoms with Gasteiger partial charge in [-0.15, -0.1) is 0 Å². The number of nitrogens with two attached hydrogens (primary N) is 1. The molecule has 1 aromatic carbocycles. The summed E-state index contributed by atoms with van der Waals surface area (Å²) in [6, 6.07) is 7.06. The van der Waals surface area contributed by atoms with Crippen LogP contribution in [0.2, 0.25) is 5.02 Å². The Bertz CT molecular complexity index is 425. The SMILES string of the molecule is NCCc1cc(Cl)ccc1N(CC1CC1)C1CC1. The lowest BCUT2D eigenvalue weighted by Gasteiger charge is -2.27. The quantitative estimate of drug-likeness (QED) is 0.855. The molecule has 0 radical (unpaired) electrons. The fraction of sp³-hybridized carbons (Fsp3) is 0.600. The summed E-state index contributed by atoms with van der Waals surface area (Å²) < 4.78 is 0. The number of anilines is 1. The highest BCUT2D eigenvalue weighted by Crippen LogP contribution is 2.39. The van der Waals surface area contributed by atoms with E-state index in [1.807, 2.05) is 6.07 Å². The van der Waals surface area contributed by atoms with Crippen molar-refractivity contribution in [1.29, 1.82) is 0 Å². The molecular weight excluding hydrogens is 244 g/mol. The number of nitrogens with zero attached hydrogens (tertiary/aromatic N) is 1. The standard InChI is InChI=1S/C15H21ClN2/c16-13-3-6-15(12(9-13)7-8-17)18(14-4-5-14)10-11-1-2-11/h3,6,9,11,14H,1-2,4-5,7-8,10,17H2. The second kappa shape index (κ2) is 5.10. The monoisotopic (exact) mass is 264 g/mol. The molecule has 18 heavy (non-hydrogen) atoms. The van der Waals surface area contributed by atoms with Crippen LogP contribution in [0.25, 0.3) is 0 Å². The Kier molecular flexibility index (Phi) is 3.49. The zero-order valence-electron chi connectivity index (χ0n) is 10.7. The first-order valence-electron chi connectivity index (χ1n) is 7.03. The molecule has 0 saturated heterocycles. The molecule has 0 aliphatic heterocycles. The highest BCUT2D eigenvalue weighted by atomic mass is 35.5. The summed E-state index contributed by atoms with van der Waals surface area (Å²) in [5.41, 5.74) is 8.41. The van der Waals surface area contributed by atoms with E-state index in [-0.39, 0.29) is 0 Å². The van der Waals surface area contributed by atoms with E-state index in [0.29, 0.717) is 6.54 Å². The molecule has 2 nitrogen and oxygen atoms in total. The largest absolute Gasteiger partial charge is 0.368 e. The average molecular weight is 265 g/mol. The van der Waals surface area contributed by atoms with Crippen molar-refractivity contribution in [2.24, 2.45) is 11.7 Å². The van der Waals surface area contributed by atoms with Gasteiger partial charge in [-0.2, -0.15) is 0 Å². The van der Waals surface area contributed by atoms with Gasteiger partial charge in [0.1, 0.15) is 0 Å². The zero-order valence-corrected chi connectivity index (χ0v) is 11.5. The molecule has 2 saturated carbocycles. The van der Waals surface area contributed by atoms with Crippen LogP contribution in [0.1, 0.15) is 31.2 Å². The maximum Gasteiger partial charge on any atom is 0.0410 e. The van der Waals surface area contributed by atoms with E-state index in [2.05, 4.69) is 17.0 Å². The molecule has 0 bridgehead atoms. The van der Waals surface area contributed by atoms with Crippen LogP contribution in [0, 0.1) is 5.92 Å². The Hall–Kier alpha value is -0.730. The second-order valence-electron chi connectivity index (χ2n) is 5.64. The first-order valence-corrected chi connectivity index (χ1v) is 7.41. The summed E-state index contributed by atoms with van der Waals surface area (Å²) in [5.74, 6) is 0.923. The van der Waals surface area contributed by atoms with E-state index in [0.717, 1.165) is 23.4 Å². The summed E-state index contributed by atoms with van der Waals surface area (Å²) in [7, 11) is 0. The number of benzene rings is 1. The summed E-state index contributed by atoms with van der Waals surface area (Å²) >= 11 is 6.11. The average Bonchev–Trinajstić information content (AvgIpc) is 3.22. The van der Waals surface area contributed by atoms with Gasteiger partial charge < -0.3 is 10.6 Å². The zero-order chi connectivity index (χ0) is 12.5. The highest BCUT2D eigenvalue weighted by Gasteiger charge is 2.34. The predicted molar refractivity (Wildman–Crippen MR) is 77.3 cm³/mol. The first-order chi connectivity index (χ1) is 8.78. The van der Waals surface area contributed by atoms with E-state index >= 15 is 0 Å². The van der Waals surface area contributed by atoms with Crippen molar-refractivity contribution >= 4 is 17.3 Å². The van der Waals surface area contributed by atoms with Crippen LogP contribution >= 0.6 is 11.6 Å². The number of hydrogen-bond acceptors (Lipinski definition) is 2. The fourth-order valence-electron chi connectivity index (χ4n) is 2.60. The van der Waals surface area contributed by atoms with Crippen molar-refractivity contribution in [2.45, 2.75) is 38.1 Å². The Balaban J connectivity index is 1.86. The van der Waals surface area contributed by atoms with E-state index in [9.17, 15) is 0 Å². The molecule has 2 fully saturated rings. The van der Waals surface area contributed by atoms with E-state index < -0.39 is 0 Å². The lowest BCUT2D eigenvalue weighted by atomic mass is 10.1. The highest BCUT2D eigenvalue weighted by molar-refractivity contribution is 6.30. The fourth-order valence-corrected chi connectivity index (χ4v) is 2.79. The molecular formula is C15H21ClN2. The number of halogens is 1. The molecule has 2 N–H and O–H groups in total. The summed E-state index contributed by atoms with van der Waals surface area (Å²) in [6.45, 7) is 1.92. The second-order valence-corrected chi connectivity index (χ2v) is 6.08. The van der Waals surface area contributed by atoms with Gasteiger partial charge in [-0.25, -0.2) is 0 Å². The molecule has 0 amide bonds. The van der Waals surface area contributed by atoms with Crippen molar-refractivity contribution in [2.75, 3.05) is 18.0 Å². The number of hydrogen-bond donors (Lipinski definition) is 1. The Morgan fingerprint density at radius 2 is 2.00 bits per heavy atom. The molecule has 98 valence electrons. The summed E-state index contributed by atoms with van der Waals surface area (Å²) in [5, 5.41) is 0.823. The van der Waals surface area contributed by atoms with E-state index in [1.54, 1.807) is 0 Å². The number of rotatable bonds is 6. The van der Waals surface area contributed by atoms with Gasteiger partial charge in [0.25, 0.3) is 0 Å². The normalized spacial score (nSPS) is 19.0. The van der Waals surface area contributed by atoms with E-state index in [1.165, 1.54) is 43.5 Å². The molecule has 2 aliphatic rings. The molecule has 2 aliphatic carbocycles. The van der Waals surface area contributed by atoms with Crippen LogP contribution in [0.15, 0.2) is 18.2 Å². The molecule has 0 unspecified atom stereocenters. The van der Waals surface area contributed by atoms with Gasteiger partial charge in [-0.3, -0.25) is 0 Å². The van der Waals surface area contributed by atoms with Gasteiger partial charge in [-0.1, -0.05) is 11.6 Å². The lowest BCUT2D eigenvalue weighted by molar-refractivity contribution is 0.714. The van der Waals surface area contributed by atoms with Gasteiger partial charge in [0.05, 0.1) is 0 Å². The first kappa shape index (κ1) is 12.3. The third kappa shape index (κ3) is 2.81. The van der Waals surface area contributed by atoms with Crippen molar-refractivity contribution < 1.29 is 0 Å². The van der Waals surface area contributed by atoms with Gasteiger partial charge in [-0.05, 0) is 68.3 Å². The molecule has 3 rings (SSSR count). The van der Waals surface area contributed by atoms with Crippen molar-refractivity contribution in [3.8, 4) is 0 Å². The predicted octanol–water partition coefficient (Wildman–Crippen LogP) is 3.22. The minimum absolute atomic E-state index is 0.690. The van der Waals surface area contributed by atoms with Crippen LogP contribution in [-0.2, 0) is 6.42 Å². The molecule has 0 atom stereocenters. The molecule has 0 heterocycles. The maximum atomic E-state index is 6.11. The van der Waals surface area contributed by atoms with Crippen LogP contribution < -0.4 is 10.6 Å². The van der Waals surface area contributed by atoms with Gasteiger partial charge in [0.2, 0.25) is 0 Å². The summed E-state index contributed by atoms with van der Waals surface area (Å²) in [4.78, 5) is 2.61. The minimum atomic E-state index is 0.690. The van der Waals surface area contributed by atoms with Crippen LogP contribution in [0.3, 0.4) is 0 Å². The molecule has 0 aromatic heterocycles. The van der Waals surface area contributed by atoms with E-state index in [4.69, 9.17) is 17.3 Å². The molecule has 0 spiro atoms. The maximum absolute atomic E-state index is 6.11. The van der Waals surface area contributed by atoms with Crippen molar-refractivity contribution in [3.05, 3.63) is 28.8 Å². The topological polar surface area (TPSA) is 29.3 Å². The van der Waals surface area contributed by atoms with Crippen LogP contribution in [-0.4, -0.2) is 19.1 Å². The minimum Gasteiger partial charge on any atom is -0.368 e. The van der Waals surface area contributed by atoms with Crippen molar-refractivity contribution in [3.63, 3.8) is 0 Å². The van der Waals surface area contributed by atoms with Gasteiger partial charge in [0, 0.05) is 23.3 Å². The smallest absolute Gasteiger partial charge is 0.0410 e. The third-order valence-corrected chi connectivity index (χ3v) is 4.14. The van der Waals surface area contributed by atoms with Crippen LogP contribution in [0.5, 0.6) is 0 Å². The molecule has 3 heteroatoms. The third-order valence-electron chi connectivity index (χ3n) is 3.90. The Labute approximate surface area is 114 Å². The lowest BCUT2D eigenvalue weighted by Crippen LogP contribution is -2.29. The van der Waals surface area contributed by atoms with Crippen LogP contribution in [0.4, 0.5) is 5.69 Å². The van der Waals surface area contributed by atoms with Gasteiger partial charge in [0.15, 0.2) is 0 Å². The molecule has 1 aromatic rings. The Morgan fingerprint density at radius 1 is 1.22 bits per heavy atom. The summed E-state index contributed by atoms with van der Waals surface area (Å²) in [6.07, 6.45) is 6.42. The Morgan fingerprint density at radius 3 is 2.61 bits per heavy atom. The van der Waals surface area contributed by atoms with Crippen molar-refractivity contribution in [1.82, 2.24) is 0 Å².